The van der Waals surface area contributed by atoms with Crippen molar-refractivity contribution in [3.05, 3.63) is 96.4 Å². The molecule has 4 nitrogen and oxygen atoms in total. The minimum absolute atomic E-state index is 0.0765. The van der Waals surface area contributed by atoms with Gasteiger partial charge in [-0.3, -0.25) is 9.97 Å². The van der Waals surface area contributed by atoms with Gasteiger partial charge in [-0.25, -0.2) is 0 Å². The Hall–Kier alpha value is -2.72. The fraction of sp³-hybridized carbons (Fsp3) is 0.261. The zero-order valence-corrected chi connectivity index (χ0v) is 15.8. The van der Waals surface area contributed by atoms with Crippen molar-refractivity contribution < 1.29 is 9.47 Å². The van der Waals surface area contributed by atoms with E-state index in [0.717, 1.165) is 22.6 Å². The normalized spacial score (nSPS) is 11.3. The van der Waals surface area contributed by atoms with Crippen LogP contribution in [0.2, 0.25) is 0 Å². The van der Waals surface area contributed by atoms with Gasteiger partial charge in [-0.15, -0.1) is 0 Å². The van der Waals surface area contributed by atoms with Gasteiger partial charge >= 0.3 is 0 Å². The standard InChI is InChI=1S/C23H25N2O2/c1-23(2,18-26-17-21-7-3-4-13-25-21)14-19-8-10-22(11-9-19)27-16-20-6-5-12-24-15-20/h3-15H,16-18H2,1-2H3. The van der Waals surface area contributed by atoms with E-state index in [2.05, 4.69) is 42.4 Å². The molecule has 0 amide bonds. The summed E-state index contributed by atoms with van der Waals surface area (Å²) in [4.78, 5) is 8.37. The summed E-state index contributed by atoms with van der Waals surface area (Å²) in [7, 11) is 0. The number of aromatic nitrogens is 2. The molecule has 0 unspecified atom stereocenters. The number of pyridine rings is 2. The Morgan fingerprint density at radius 2 is 1.78 bits per heavy atom. The molecule has 1 aromatic carbocycles. The second kappa shape index (κ2) is 9.28. The molecule has 0 saturated heterocycles. The van der Waals surface area contributed by atoms with Gasteiger partial charge in [0.1, 0.15) is 12.4 Å². The van der Waals surface area contributed by atoms with Crippen molar-refractivity contribution in [2.75, 3.05) is 6.61 Å². The van der Waals surface area contributed by atoms with E-state index < -0.39 is 0 Å². The number of hydrogen-bond acceptors (Lipinski definition) is 4. The number of rotatable bonds is 9. The molecular formula is C23H25N2O2. The van der Waals surface area contributed by atoms with Crippen molar-refractivity contribution in [3.8, 4) is 5.75 Å². The van der Waals surface area contributed by atoms with Crippen LogP contribution in [0.5, 0.6) is 5.75 Å². The highest BCUT2D eigenvalue weighted by Gasteiger charge is 2.19. The van der Waals surface area contributed by atoms with Crippen LogP contribution in [0.25, 0.3) is 0 Å². The molecule has 139 valence electrons. The van der Waals surface area contributed by atoms with Crippen LogP contribution >= 0.6 is 0 Å². The first kappa shape index (κ1) is 19.1. The molecular weight excluding hydrogens is 336 g/mol. The van der Waals surface area contributed by atoms with Crippen molar-refractivity contribution in [2.24, 2.45) is 5.41 Å². The van der Waals surface area contributed by atoms with Gasteiger partial charge in [0.25, 0.3) is 0 Å². The van der Waals surface area contributed by atoms with Crippen LogP contribution < -0.4 is 4.74 Å². The Bertz CT molecular complexity index is 803. The molecule has 0 atom stereocenters. The maximum Gasteiger partial charge on any atom is 0.119 e. The molecule has 0 spiro atoms. The predicted octanol–water partition coefficient (Wildman–Crippen LogP) is 4.85. The summed E-state index contributed by atoms with van der Waals surface area (Å²) < 4.78 is 11.6. The average Bonchev–Trinajstić information content (AvgIpc) is 2.69. The summed E-state index contributed by atoms with van der Waals surface area (Å²) in [5.74, 6) is 0.847. The van der Waals surface area contributed by atoms with E-state index in [9.17, 15) is 0 Å². The molecule has 2 aromatic heterocycles. The van der Waals surface area contributed by atoms with Gasteiger partial charge in [-0.1, -0.05) is 38.1 Å². The fourth-order valence-corrected chi connectivity index (χ4v) is 2.71. The Labute approximate surface area is 161 Å². The summed E-state index contributed by atoms with van der Waals surface area (Å²) in [6.45, 7) is 6.00. The van der Waals surface area contributed by atoms with E-state index >= 15 is 0 Å². The monoisotopic (exact) mass is 361 g/mol. The van der Waals surface area contributed by atoms with E-state index in [0.29, 0.717) is 19.8 Å². The van der Waals surface area contributed by atoms with Crippen LogP contribution in [0.1, 0.15) is 30.7 Å². The molecule has 3 rings (SSSR count). The van der Waals surface area contributed by atoms with Gasteiger partial charge < -0.3 is 9.47 Å². The zero-order valence-electron chi connectivity index (χ0n) is 15.8. The van der Waals surface area contributed by atoms with Gasteiger partial charge in [-0.2, -0.15) is 0 Å². The minimum Gasteiger partial charge on any atom is -0.489 e. The lowest BCUT2D eigenvalue weighted by Gasteiger charge is -2.24. The predicted molar refractivity (Wildman–Crippen MR) is 106 cm³/mol. The van der Waals surface area contributed by atoms with Crippen LogP contribution in [0.15, 0.2) is 73.2 Å². The van der Waals surface area contributed by atoms with Gasteiger partial charge in [0.05, 0.1) is 18.9 Å². The summed E-state index contributed by atoms with van der Waals surface area (Å²) in [5.41, 5.74) is 3.07. The molecule has 27 heavy (non-hydrogen) atoms. The van der Waals surface area contributed by atoms with Gasteiger partial charge in [0.2, 0.25) is 0 Å². The maximum atomic E-state index is 5.84. The molecule has 0 bridgehead atoms. The SMILES string of the molecule is CC(C)([CH]c1ccc(OCc2cccnc2)cc1)COCc1ccccn1. The van der Waals surface area contributed by atoms with Crippen molar-refractivity contribution in [1.29, 1.82) is 0 Å². The second-order valence-electron chi connectivity index (χ2n) is 7.17. The highest BCUT2D eigenvalue weighted by molar-refractivity contribution is 5.32. The molecule has 1 radical (unpaired) electrons. The van der Waals surface area contributed by atoms with E-state index in [1.165, 1.54) is 0 Å². The third kappa shape index (κ3) is 6.50. The summed E-state index contributed by atoms with van der Waals surface area (Å²) in [5, 5.41) is 0. The number of ether oxygens (including phenoxy) is 2. The van der Waals surface area contributed by atoms with Crippen LogP contribution in [0, 0.1) is 11.8 Å². The number of benzene rings is 1. The molecule has 0 saturated carbocycles. The average molecular weight is 361 g/mol. The van der Waals surface area contributed by atoms with E-state index in [1.807, 2.05) is 48.7 Å². The molecule has 0 aliphatic rings. The van der Waals surface area contributed by atoms with Gasteiger partial charge in [0.15, 0.2) is 0 Å². The molecule has 0 N–H and O–H groups in total. The molecule has 4 heteroatoms. The van der Waals surface area contributed by atoms with Crippen molar-refractivity contribution >= 4 is 0 Å². The molecule has 0 aliphatic carbocycles. The third-order valence-electron chi connectivity index (χ3n) is 4.02. The Morgan fingerprint density at radius 3 is 2.48 bits per heavy atom. The quantitative estimate of drug-likeness (QED) is 0.546. The third-order valence-corrected chi connectivity index (χ3v) is 4.02. The minimum atomic E-state index is -0.0765. The lowest BCUT2D eigenvalue weighted by Crippen LogP contribution is -2.20. The molecule has 2 heterocycles. The van der Waals surface area contributed by atoms with E-state index in [-0.39, 0.29) is 5.41 Å². The molecule has 3 aromatic rings. The first-order chi connectivity index (χ1) is 13.1. The van der Waals surface area contributed by atoms with Crippen molar-refractivity contribution in [3.63, 3.8) is 0 Å². The Morgan fingerprint density at radius 1 is 0.926 bits per heavy atom. The van der Waals surface area contributed by atoms with E-state index in [1.54, 1.807) is 12.4 Å². The largest absolute Gasteiger partial charge is 0.489 e. The highest BCUT2D eigenvalue weighted by atomic mass is 16.5. The van der Waals surface area contributed by atoms with E-state index in [4.69, 9.17) is 9.47 Å². The Kier molecular flexibility index (Phi) is 6.55. The van der Waals surface area contributed by atoms with Crippen LogP contribution in [-0.2, 0) is 18.0 Å². The summed E-state index contributed by atoms with van der Waals surface area (Å²) in [6, 6.07) is 17.9. The van der Waals surface area contributed by atoms with Crippen molar-refractivity contribution in [2.45, 2.75) is 27.1 Å². The van der Waals surface area contributed by atoms with Gasteiger partial charge in [-0.05, 0) is 47.7 Å². The first-order valence-electron chi connectivity index (χ1n) is 9.06. The summed E-state index contributed by atoms with van der Waals surface area (Å²) >= 11 is 0. The zero-order chi connectivity index (χ0) is 19.0. The first-order valence-corrected chi connectivity index (χ1v) is 9.06. The second-order valence-corrected chi connectivity index (χ2v) is 7.17. The van der Waals surface area contributed by atoms with Crippen LogP contribution in [0.4, 0.5) is 0 Å². The van der Waals surface area contributed by atoms with Crippen LogP contribution in [0.3, 0.4) is 0 Å². The maximum absolute atomic E-state index is 5.84. The Balaban J connectivity index is 1.46. The van der Waals surface area contributed by atoms with Gasteiger partial charge in [0, 0.05) is 24.2 Å². The highest BCUT2D eigenvalue weighted by Crippen LogP contribution is 2.26. The van der Waals surface area contributed by atoms with Crippen molar-refractivity contribution in [1.82, 2.24) is 9.97 Å². The summed E-state index contributed by atoms with van der Waals surface area (Å²) in [6.07, 6.45) is 7.58. The molecule has 0 aliphatic heterocycles. The number of nitrogens with zero attached hydrogens (tertiary/aromatic N) is 2. The smallest absolute Gasteiger partial charge is 0.119 e. The topological polar surface area (TPSA) is 44.2 Å². The fourth-order valence-electron chi connectivity index (χ4n) is 2.71. The van der Waals surface area contributed by atoms with Crippen LogP contribution in [-0.4, -0.2) is 16.6 Å². The lowest BCUT2D eigenvalue weighted by molar-refractivity contribution is 0.0648. The lowest BCUT2D eigenvalue weighted by atomic mass is 9.86. The number of hydrogen-bond donors (Lipinski definition) is 0. The molecule has 0 fully saturated rings.